The number of pyridine rings is 1. The summed E-state index contributed by atoms with van der Waals surface area (Å²) in [6.07, 6.45) is 3.48. The Kier molecular flexibility index (Phi) is 2.26. The van der Waals surface area contributed by atoms with E-state index in [1.807, 2.05) is 13.0 Å². The van der Waals surface area contributed by atoms with Crippen molar-refractivity contribution in [2.45, 2.75) is 6.92 Å². The van der Waals surface area contributed by atoms with Crippen LogP contribution in [-0.4, -0.2) is 12.1 Å². The molecule has 2 nitrogen and oxygen atoms in total. The number of rotatable bonds is 2. The molecule has 0 spiro atoms. The van der Waals surface area contributed by atoms with Gasteiger partial charge in [0.25, 0.3) is 0 Å². The lowest BCUT2D eigenvalue weighted by Gasteiger charge is -2.03. The van der Waals surface area contributed by atoms with E-state index in [9.17, 15) is 0 Å². The molecule has 0 radical (unpaired) electrons. The molecule has 0 N–H and O–H groups in total. The third-order valence-corrected chi connectivity index (χ3v) is 1.47. The normalized spacial score (nSPS) is 9.27. The number of aromatic nitrogens is 1. The molecule has 1 heterocycles. The van der Waals surface area contributed by atoms with Gasteiger partial charge < -0.3 is 4.74 Å². The summed E-state index contributed by atoms with van der Waals surface area (Å²) in [7, 11) is 1.64. The zero-order valence-corrected chi connectivity index (χ0v) is 6.79. The predicted molar refractivity (Wildman–Crippen MR) is 45.6 cm³/mol. The smallest absolute Gasteiger partial charge is 0.129 e. The maximum Gasteiger partial charge on any atom is 0.129 e. The minimum atomic E-state index is 0.826. The lowest BCUT2D eigenvalue weighted by molar-refractivity contribution is 0.413. The third kappa shape index (κ3) is 1.58. The van der Waals surface area contributed by atoms with Gasteiger partial charge >= 0.3 is 0 Å². The first-order valence-corrected chi connectivity index (χ1v) is 3.41. The van der Waals surface area contributed by atoms with E-state index in [4.69, 9.17) is 4.74 Å². The van der Waals surface area contributed by atoms with Crippen molar-refractivity contribution in [2.75, 3.05) is 7.11 Å². The average molecular weight is 149 g/mol. The molecule has 0 aromatic carbocycles. The maximum absolute atomic E-state index is 5.11. The Morgan fingerprint density at radius 1 is 1.64 bits per heavy atom. The van der Waals surface area contributed by atoms with Crippen LogP contribution >= 0.6 is 0 Å². The molecule has 1 rings (SSSR count). The first-order valence-electron chi connectivity index (χ1n) is 3.41. The molecule has 0 atom stereocenters. The van der Waals surface area contributed by atoms with Gasteiger partial charge in [-0.25, -0.2) is 0 Å². The molecule has 0 aliphatic heterocycles. The van der Waals surface area contributed by atoms with Gasteiger partial charge in [0.1, 0.15) is 5.75 Å². The largest absolute Gasteiger partial charge is 0.496 e. The van der Waals surface area contributed by atoms with Gasteiger partial charge in [-0.2, -0.15) is 0 Å². The van der Waals surface area contributed by atoms with Crippen LogP contribution in [0.2, 0.25) is 0 Å². The van der Waals surface area contributed by atoms with Crippen LogP contribution < -0.4 is 4.74 Å². The maximum atomic E-state index is 5.11. The number of hydrogen-bond acceptors (Lipinski definition) is 2. The monoisotopic (exact) mass is 149 g/mol. The standard InChI is InChI=1S/C9H11NO/c1-4-8-6-10-7(2)5-9(8)11-3/h4-6H,1H2,2-3H3. The Hall–Kier alpha value is -1.31. The van der Waals surface area contributed by atoms with E-state index in [1.165, 1.54) is 0 Å². The van der Waals surface area contributed by atoms with Crippen LogP contribution in [0.25, 0.3) is 6.08 Å². The van der Waals surface area contributed by atoms with E-state index >= 15 is 0 Å². The van der Waals surface area contributed by atoms with E-state index in [1.54, 1.807) is 19.4 Å². The van der Waals surface area contributed by atoms with Crippen molar-refractivity contribution < 1.29 is 4.74 Å². The molecule has 58 valence electrons. The fraction of sp³-hybridized carbons (Fsp3) is 0.222. The molecule has 2 heteroatoms. The molecule has 0 aliphatic carbocycles. The van der Waals surface area contributed by atoms with Crippen molar-refractivity contribution in [3.05, 3.63) is 30.1 Å². The second-order valence-electron chi connectivity index (χ2n) is 2.27. The van der Waals surface area contributed by atoms with E-state index in [-0.39, 0.29) is 0 Å². The van der Waals surface area contributed by atoms with Gasteiger partial charge in [0.2, 0.25) is 0 Å². The van der Waals surface area contributed by atoms with Crippen molar-refractivity contribution in [1.82, 2.24) is 4.98 Å². The molecule has 0 saturated carbocycles. The average Bonchev–Trinajstić information content (AvgIpc) is 2.04. The summed E-state index contributed by atoms with van der Waals surface area (Å²) in [5.41, 5.74) is 1.88. The Labute approximate surface area is 66.5 Å². The zero-order valence-electron chi connectivity index (χ0n) is 6.79. The number of aryl methyl sites for hydroxylation is 1. The fourth-order valence-electron chi connectivity index (χ4n) is 0.875. The predicted octanol–water partition coefficient (Wildman–Crippen LogP) is 2.04. The number of hydrogen-bond donors (Lipinski definition) is 0. The Morgan fingerprint density at radius 3 is 2.91 bits per heavy atom. The number of nitrogens with zero attached hydrogens (tertiary/aromatic N) is 1. The van der Waals surface area contributed by atoms with Gasteiger partial charge in [-0.05, 0) is 6.92 Å². The lowest BCUT2D eigenvalue weighted by atomic mass is 10.2. The van der Waals surface area contributed by atoms with Crippen molar-refractivity contribution in [1.29, 1.82) is 0 Å². The first kappa shape index (κ1) is 7.79. The second kappa shape index (κ2) is 3.19. The molecule has 11 heavy (non-hydrogen) atoms. The second-order valence-corrected chi connectivity index (χ2v) is 2.27. The van der Waals surface area contributed by atoms with Crippen LogP contribution in [0.4, 0.5) is 0 Å². The highest BCUT2D eigenvalue weighted by atomic mass is 16.5. The molecule has 0 amide bonds. The SMILES string of the molecule is C=Cc1cnc(C)cc1OC. The van der Waals surface area contributed by atoms with Gasteiger partial charge in [-0.15, -0.1) is 0 Å². The highest BCUT2D eigenvalue weighted by Crippen LogP contribution is 2.18. The third-order valence-electron chi connectivity index (χ3n) is 1.47. The van der Waals surface area contributed by atoms with Crippen LogP contribution in [-0.2, 0) is 0 Å². The van der Waals surface area contributed by atoms with Crippen LogP contribution in [0.5, 0.6) is 5.75 Å². The van der Waals surface area contributed by atoms with Crippen LogP contribution in [0, 0.1) is 6.92 Å². The summed E-state index contributed by atoms with van der Waals surface area (Å²) >= 11 is 0. The summed E-state index contributed by atoms with van der Waals surface area (Å²) in [4.78, 5) is 4.11. The molecular formula is C9H11NO. The molecule has 0 fully saturated rings. The molecule has 0 unspecified atom stereocenters. The molecule has 1 aromatic heterocycles. The minimum Gasteiger partial charge on any atom is -0.496 e. The van der Waals surface area contributed by atoms with Crippen LogP contribution in [0.15, 0.2) is 18.8 Å². The van der Waals surface area contributed by atoms with Crippen LogP contribution in [0.1, 0.15) is 11.3 Å². The Morgan fingerprint density at radius 2 is 2.36 bits per heavy atom. The van der Waals surface area contributed by atoms with E-state index < -0.39 is 0 Å². The van der Waals surface area contributed by atoms with Gasteiger partial charge in [-0.3, -0.25) is 4.98 Å². The van der Waals surface area contributed by atoms with Gasteiger partial charge in [-0.1, -0.05) is 12.7 Å². The van der Waals surface area contributed by atoms with Gasteiger partial charge in [0.05, 0.1) is 7.11 Å². The molecule has 0 saturated heterocycles. The van der Waals surface area contributed by atoms with Gasteiger partial charge in [0, 0.05) is 23.5 Å². The Bertz CT molecular complexity index is 268. The lowest BCUT2D eigenvalue weighted by Crippen LogP contribution is -1.89. The van der Waals surface area contributed by atoms with Crippen LogP contribution in [0.3, 0.4) is 0 Å². The quantitative estimate of drug-likeness (QED) is 0.642. The summed E-state index contributed by atoms with van der Waals surface area (Å²) in [5, 5.41) is 0. The zero-order chi connectivity index (χ0) is 8.27. The van der Waals surface area contributed by atoms with E-state index in [2.05, 4.69) is 11.6 Å². The van der Waals surface area contributed by atoms with E-state index in [0.29, 0.717) is 0 Å². The highest BCUT2D eigenvalue weighted by Gasteiger charge is 1.98. The number of methoxy groups -OCH3 is 1. The van der Waals surface area contributed by atoms with E-state index in [0.717, 1.165) is 17.0 Å². The number of ether oxygens (including phenoxy) is 1. The summed E-state index contributed by atoms with van der Waals surface area (Å²) in [6, 6.07) is 1.89. The highest BCUT2D eigenvalue weighted by molar-refractivity contribution is 5.54. The molecule has 0 aliphatic rings. The summed E-state index contributed by atoms with van der Waals surface area (Å²) < 4.78 is 5.11. The summed E-state index contributed by atoms with van der Waals surface area (Å²) in [6.45, 7) is 5.58. The molecular weight excluding hydrogens is 138 g/mol. The van der Waals surface area contributed by atoms with Crippen molar-refractivity contribution in [3.8, 4) is 5.75 Å². The molecule has 0 bridgehead atoms. The fourth-order valence-corrected chi connectivity index (χ4v) is 0.875. The van der Waals surface area contributed by atoms with Gasteiger partial charge in [0.15, 0.2) is 0 Å². The summed E-state index contributed by atoms with van der Waals surface area (Å²) in [5.74, 6) is 0.826. The van der Waals surface area contributed by atoms with Crippen molar-refractivity contribution >= 4 is 6.08 Å². The van der Waals surface area contributed by atoms with Crippen molar-refractivity contribution in [3.63, 3.8) is 0 Å². The topological polar surface area (TPSA) is 22.1 Å². The molecule has 1 aromatic rings. The van der Waals surface area contributed by atoms with Crippen molar-refractivity contribution in [2.24, 2.45) is 0 Å². The minimum absolute atomic E-state index is 0.826. The first-order chi connectivity index (χ1) is 5.27. The Balaban J connectivity index is 3.16.